The molecule has 80 valence electrons. The van der Waals surface area contributed by atoms with Crippen molar-refractivity contribution in [2.24, 2.45) is 5.92 Å². The van der Waals surface area contributed by atoms with Crippen molar-refractivity contribution in [2.75, 3.05) is 7.11 Å². The lowest BCUT2D eigenvalue weighted by Crippen LogP contribution is -1.98. The fraction of sp³-hybridized carbons (Fsp3) is 0.455. The van der Waals surface area contributed by atoms with Crippen LogP contribution in [0.1, 0.15) is 20.8 Å². The molecule has 14 heavy (non-hydrogen) atoms. The van der Waals surface area contributed by atoms with Crippen molar-refractivity contribution >= 4 is 11.6 Å². The molecule has 0 amide bonds. The summed E-state index contributed by atoms with van der Waals surface area (Å²) in [6.45, 7) is 8.99. The van der Waals surface area contributed by atoms with Gasteiger partial charge in [0.25, 0.3) is 0 Å². The van der Waals surface area contributed by atoms with Crippen LogP contribution in [0.5, 0.6) is 0 Å². The van der Waals surface area contributed by atoms with E-state index >= 15 is 0 Å². The molecule has 0 saturated heterocycles. The van der Waals surface area contributed by atoms with Gasteiger partial charge in [-0.3, -0.25) is 0 Å². The third-order valence-corrected chi connectivity index (χ3v) is 2.34. The number of rotatable bonds is 4. The molecule has 0 atom stereocenters. The molecule has 0 saturated carbocycles. The first-order valence-electron chi connectivity index (χ1n) is 4.38. The van der Waals surface area contributed by atoms with Crippen molar-refractivity contribution in [3.8, 4) is 0 Å². The van der Waals surface area contributed by atoms with Gasteiger partial charge in [-0.2, -0.15) is 0 Å². The molecule has 0 radical (unpaired) electrons. The van der Waals surface area contributed by atoms with Gasteiger partial charge in [0.1, 0.15) is 0 Å². The Bertz CT molecular complexity index is 277. The molecule has 3 heteroatoms. The average Bonchev–Trinajstić information content (AvgIpc) is 2.16. The van der Waals surface area contributed by atoms with E-state index in [9.17, 15) is 4.39 Å². The van der Waals surface area contributed by atoms with E-state index in [1.807, 2.05) is 13.8 Å². The summed E-state index contributed by atoms with van der Waals surface area (Å²) < 4.78 is 18.6. The van der Waals surface area contributed by atoms with Crippen LogP contribution < -0.4 is 0 Å². The molecule has 0 unspecified atom stereocenters. The summed E-state index contributed by atoms with van der Waals surface area (Å²) in [5.74, 6) is -0.241. The minimum Gasteiger partial charge on any atom is -0.492 e. The normalized spacial score (nSPS) is 14.8. The quantitative estimate of drug-likeness (QED) is 0.508. The van der Waals surface area contributed by atoms with E-state index in [0.717, 1.165) is 0 Å². The Labute approximate surface area is 89.9 Å². The summed E-state index contributed by atoms with van der Waals surface area (Å²) >= 11 is 5.74. The summed E-state index contributed by atoms with van der Waals surface area (Å²) in [5, 5.41) is 0.185. The number of methoxy groups -OCH3 is 1. The summed E-state index contributed by atoms with van der Waals surface area (Å²) in [6, 6.07) is 0. The second-order valence-electron chi connectivity index (χ2n) is 3.24. The highest BCUT2D eigenvalue weighted by atomic mass is 35.5. The number of hydrogen-bond donors (Lipinski definition) is 0. The van der Waals surface area contributed by atoms with Crippen LogP contribution in [0.3, 0.4) is 0 Å². The number of hydrogen-bond acceptors (Lipinski definition) is 1. The molecule has 0 aromatic rings. The van der Waals surface area contributed by atoms with Crippen LogP contribution in [-0.2, 0) is 4.74 Å². The maximum absolute atomic E-state index is 13.7. The van der Waals surface area contributed by atoms with Gasteiger partial charge >= 0.3 is 0 Å². The van der Waals surface area contributed by atoms with Crippen LogP contribution in [0.4, 0.5) is 4.39 Å². The van der Waals surface area contributed by atoms with Gasteiger partial charge in [-0.1, -0.05) is 32.0 Å². The Hall–Kier alpha value is -0.760. The fourth-order valence-corrected chi connectivity index (χ4v) is 0.977. The second kappa shape index (κ2) is 5.86. The zero-order chi connectivity index (χ0) is 11.3. The van der Waals surface area contributed by atoms with E-state index in [1.165, 1.54) is 13.2 Å². The van der Waals surface area contributed by atoms with Crippen molar-refractivity contribution in [1.82, 2.24) is 0 Å². The summed E-state index contributed by atoms with van der Waals surface area (Å²) in [4.78, 5) is 0. The van der Waals surface area contributed by atoms with Gasteiger partial charge in [-0.05, 0) is 24.5 Å². The molecule has 0 heterocycles. The highest BCUT2D eigenvalue weighted by molar-refractivity contribution is 6.31. The molecule has 0 spiro atoms. The molecule has 0 aliphatic carbocycles. The minimum atomic E-state index is -0.410. The SMILES string of the molecule is C=C/C(Cl)=C(OC)\C(F)=C(/C)C(C)C. The van der Waals surface area contributed by atoms with Crippen molar-refractivity contribution in [3.63, 3.8) is 0 Å². The predicted octanol–water partition coefficient (Wildman–Crippen LogP) is 4.17. The average molecular weight is 219 g/mol. The first kappa shape index (κ1) is 13.2. The van der Waals surface area contributed by atoms with Crippen molar-refractivity contribution in [2.45, 2.75) is 20.8 Å². The number of ether oxygens (including phenoxy) is 1. The van der Waals surface area contributed by atoms with Crippen LogP contribution in [0.25, 0.3) is 0 Å². The van der Waals surface area contributed by atoms with E-state index in [-0.39, 0.29) is 16.7 Å². The van der Waals surface area contributed by atoms with Crippen LogP contribution in [-0.4, -0.2) is 7.11 Å². The molecule has 1 nitrogen and oxygen atoms in total. The zero-order valence-corrected chi connectivity index (χ0v) is 9.78. The van der Waals surface area contributed by atoms with Crippen molar-refractivity contribution < 1.29 is 9.13 Å². The maximum atomic E-state index is 13.7. The van der Waals surface area contributed by atoms with Crippen LogP contribution in [0.15, 0.2) is 34.8 Å². The third kappa shape index (κ3) is 3.18. The first-order chi connectivity index (χ1) is 6.45. The molecule has 0 aromatic heterocycles. The van der Waals surface area contributed by atoms with Gasteiger partial charge in [-0.25, -0.2) is 4.39 Å². The first-order valence-corrected chi connectivity index (χ1v) is 4.76. The topological polar surface area (TPSA) is 9.23 Å². The largest absolute Gasteiger partial charge is 0.492 e. The van der Waals surface area contributed by atoms with Gasteiger partial charge in [0, 0.05) is 0 Å². The van der Waals surface area contributed by atoms with Gasteiger partial charge in [0.15, 0.2) is 11.6 Å². The minimum absolute atomic E-state index is 0.0490. The Morgan fingerprint density at radius 2 is 2.00 bits per heavy atom. The van der Waals surface area contributed by atoms with E-state index in [1.54, 1.807) is 6.92 Å². The Balaban J connectivity index is 5.27. The van der Waals surface area contributed by atoms with Gasteiger partial charge in [-0.15, -0.1) is 0 Å². The van der Waals surface area contributed by atoms with Gasteiger partial charge < -0.3 is 4.74 Å². The lowest BCUT2D eigenvalue weighted by Gasteiger charge is -2.11. The monoisotopic (exact) mass is 218 g/mol. The molecule has 0 aromatic carbocycles. The molecular weight excluding hydrogens is 203 g/mol. The zero-order valence-electron chi connectivity index (χ0n) is 9.03. The van der Waals surface area contributed by atoms with E-state index in [0.29, 0.717) is 5.57 Å². The Kier molecular flexibility index (Phi) is 5.55. The smallest absolute Gasteiger partial charge is 0.173 e. The van der Waals surface area contributed by atoms with E-state index in [4.69, 9.17) is 16.3 Å². The van der Waals surface area contributed by atoms with Gasteiger partial charge in [0.05, 0.1) is 12.1 Å². The second-order valence-corrected chi connectivity index (χ2v) is 3.64. The predicted molar refractivity (Wildman–Crippen MR) is 58.7 cm³/mol. The summed E-state index contributed by atoms with van der Waals surface area (Å²) in [6.07, 6.45) is 1.35. The van der Waals surface area contributed by atoms with Crippen LogP contribution in [0.2, 0.25) is 0 Å². The molecule has 0 aliphatic heterocycles. The van der Waals surface area contributed by atoms with Crippen LogP contribution >= 0.6 is 11.6 Å². The lowest BCUT2D eigenvalue weighted by molar-refractivity contribution is 0.279. The molecule has 0 rings (SSSR count). The summed E-state index contributed by atoms with van der Waals surface area (Å²) in [5.41, 5.74) is 0.613. The van der Waals surface area contributed by atoms with Gasteiger partial charge in [0.2, 0.25) is 0 Å². The highest BCUT2D eigenvalue weighted by Crippen LogP contribution is 2.26. The van der Waals surface area contributed by atoms with Crippen LogP contribution in [0, 0.1) is 5.92 Å². The van der Waals surface area contributed by atoms with Crippen molar-refractivity contribution in [3.05, 3.63) is 34.8 Å². The standard InChI is InChI=1S/C11H16ClFO/c1-6-9(12)11(14-5)10(13)8(4)7(2)3/h6-7H,1H2,2-5H3/b10-8-,11-9-. The third-order valence-electron chi connectivity index (χ3n) is 2.01. The Morgan fingerprint density at radius 3 is 2.29 bits per heavy atom. The maximum Gasteiger partial charge on any atom is 0.173 e. The summed E-state index contributed by atoms with van der Waals surface area (Å²) in [7, 11) is 1.38. The lowest BCUT2D eigenvalue weighted by atomic mass is 10.0. The number of halogens is 2. The van der Waals surface area contributed by atoms with E-state index < -0.39 is 5.83 Å². The molecular formula is C11H16ClFO. The number of allylic oxidation sites excluding steroid dienone is 4. The van der Waals surface area contributed by atoms with E-state index in [2.05, 4.69) is 6.58 Å². The molecule has 0 aliphatic rings. The highest BCUT2D eigenvalue weighted by Gasteiger charge is 2.14. The molecule has 0 fully saturated rings. The molecule has 0 bridgehead atoms. The Morgan fingerprint density at radius 1 is 1.50 bits per heavy atom. The fourth-order valence-electron chi connectivity index (χ4n) is 0.817. The molecule has 0 N–H and O–H groups in total. The van der Waals surface area contributed by atoms with Crippen molar-refractivity contribution in [1.29, 1.82) is 0 Å².